The molecule has 16 heavy (non-hydrogen) atoms. The minimum absolute atomic E-state index is 0.163. The zero-order valence-corrected chi connectivity index (χ0v) is 8.54. The fourth-order valence-electron chi connectivity index (χ4n) is 1.70. The van der Waals surface area contributed by atoms with Crippen molar-refractivity contribution in [1.29, 1.82) is 0 Å². The van der Waals surface area contributed by atoms with Crippen molar-refractivity contribution in [3.63, 3.8) is 0 Å². The summed E-state index contributed by atoms with van der Waals surface area (Å²) in [6, 6.07) is 0. The average Bonchev–Trinajstić information content (AvgIpc) is 2.60. The van der Waals surface area contributed by atoms with Crippen LogP contribution in [-0.2, 0) is 9.53 Å². The molecule has 0 bridgehead atoms. The smallest absolute Gasteiger partial charge is 0.269 e. The van der Waals surface area contributed by atoms with Crippen molar-refractivity contribution >= 4 is 12.1 Å². The van der Waals surface area contributed by atoms with Crippen LogP contribution in [-0.4, -0.2) is 52.4 Å². The van der Waals surface area contributed by atoms with E-state index in [1.165, 1.54) is 5.01 Å². The number of carbonyl (C=O) groups excluding carboxylic acids is 1. The van der Waals surface area contributed by atoms with Gasteiger partial charge in [-0.05, 0) is 0 Å². The van der Waals surface area contributed by atoms with Gasteiger partial charge in [-0.1, -0.05) is 6.58 Å². The fraction of sp³-hybridized carbons (Fsp3) is 0.556. The van der Waals surface area contributed by atoms with Crippen molar-refractivity contribution in [2.24, 2.45) is 5.10 Å². The third-order valence-corrected chi connectivity index (χ3v) is 2.45. The molecule has 7 nitrogen and oxygen atoms in total. The predicted octanol–water partition coefficient (Wildman–Crippen LogP) is -1.66. The molecule has 0 aromatic carbocycles. The van der Waals surface area contributed by atoms with Crippen molar-refractivity contribution in [2.75, 3.05) is 6.61 Å². The van der Waals surface area contributed by atoms with Crippen molar-refractivity contribution in [2.45, 2.75) is 24.9 Å². The van der Waals surface area contributed by atoms with Gasteiger partial charge in [-0.25, -0.2) is 5.01 Å². The van der Waals surface area contributed by atoms with Crippen molar-refractivity contribution in [3.8, 4) is 0 Å². The molecule has 0 aliphatic carbocycles. The summed E-state index contributed by atoms with van der Waals surface area (Å²) >= 11 is 0. The Hall–Kier alpha value is -1.44. The lowest BCUT2D eigenvalue weighted by Gasteiger charge is -2.30. The summed E-state index contributed by atoms with van der Waals surface area (Å²) in [5.41, 5.74) is 0. The molecule has 1 saturated heterocycles. The highest BCUT2D eigenvalue weighted by atomic mass is 16.5. The van der Waals surface area contributed by atoms with Gasteiger partial charge in [0, 0.05) is 6.42 Å². The number of amides is 1. The van der Waals surface area contributed by atoms with E-state index in [1.54, 1.807) is 0 Å². The summed E-state index contributed by atoms with van der Waals surface area (Å²) < 4.78 is 5.37. The molecule has 2 heterocycles. The van der Waals surface area contributed by atoms with Gasteiger partial charge in [-0.3, -0.25) is 4.79 Å². The molecule has 3 atom stereocenters. The molecule has 0 saturated carbocycles. The van der Waals surface area contributed by atoms with E-state index in [4.69, 9.17) is 9.84 Å². The van der Waals surface area contributed by atoms with Gasteiger partial charge < -0.3 is 20.3 Å². The van der Waals surface area contributed by atoms with E-state index in [9.17, 15) is 9.90 Å². The zero-order chi connectivity index (χ0) is 11.7. The fourth-order valence-corrected chi connectivity index (χ4v) is 1.70. The van der Waals surface area contributed by atoms with E-state index in [1.807, 2.05) is 0 Å². The Balaban J connectivity index is 2.10. The summed E-state index contributed by atoms with van der Waals surface area (Å²) in [6.07, 6.45) is -0.506. The Kier molecular flexibility index (Phi) is 2.90. The molecule has 1 fully saturated rings. The molecule has 0 spiro atoms. The average molecular weight is 227 g/mol. The van der Waals surface area contributed by atoms with Crippen molar-refractivity contribution in [1.82, 2.24) is 10.3 Å². The minimum atomic E-state index is -0.777. The van der Waals surface area contributed by atoms with E-state index >= 15 is 0 Å². The van der Waals surface area contributed by atoms with Gasteiger partial charge in [0.15, 0.2) is 6.23 Å². The second-order valence-corrected chi connectivity index (χ2v) is 3.66. The lowest BCUT2D eigenvalue weighted by Crippen LogP contribution is -2.46. The number of ether oxygens (including phenoxy) is 1. The molecular weight excluding hydrogens is 214 g/mol. The van der Waals surface area contributed by atoms with Gasteiger partial charge >= 0.3 is 0 Å². The number of hydrazone groups is 1. The van der Waals surface area contributed by atoms with E-state index in [2.05, 4.69) is 17.0 Å². The number of aliphatic hydroxyl groups excluding tert-OH is 2. The van der Waals surface area contributed by atoms with Crippen LogP contribution in [0, 0.1) is 0 Å². The molecule has 2 rings (SSSR count). The number of hydrogen-bond acceptors (Lipinski definition) is 6. The van der Waals surface area contributed by atoms with Gasteiger partial charge in [-0.2, -0.15) is 5.10 Å². The lowest BCUT2D eigenvalue weighted by atomic mass is 10.2. The van der Waals surface area contributed by atoms with Crippen molar-refractivity contribution in [3.05, 3.63) is 12.4 Å². The van der Waals surface area contributed by atoms with Crippen molar-refractivity contribution < 1.29 is 19.7 Å². The lowest BCUT2D eigenvalue weighted by molar-refractivity contribution is -0.118. The number of rotatable bonds is 2. The molecule has 3 N–H and O–H groups in total. The highest BCUT2D eigenvalue weighted by Gasteiger charge is 2.39. The maximum atomic E-state index is 10.9. The van der Waals surface area contributed by atoms with Crippen LogP contribution in [0.4, 0.5) is 0 Å². The Morgan fingerprint density at radius 2 is 2.50 bits per heavy atom. The van der Waals surface area contributed by atoms with Crippen LogP contribution in [0.3, 0.4) is 0 Å². The predicted molar refractivity (Wildman–Crippen MR) is 54.0 cm³/mol. The van der Waals surface area contributed by atoms with Gasteiger partial charge in [0.25, 0.3) is 5.91 Å². The number of nitrogens with one attached hydrogen (secondary N) is 1. The highest BCUT2D eigenvalue weighted by Crippen LogP contribution is 2.25. The largest absolute Gasteiger partial charge is 0.394 e. The Bertz CT molecular complexity index is 344. The summed E-state index contributed by atoms with van der Waals surface area (Å²) in [5, 5.41) is 26.2. The number of carbonyl (C=O) groups is 1. The van der Waals surface area contributed by atoms with Crippen LogP contribution in [0.5, 0.6) is 0 Å². The number of hydrogen-bond donors (Lipinski definition) is 3. The monoisotopic (exact) mass is 227 g/mol. The molecule has 2 aliphatic rings. The summed E-state index contributed by atoms with van der Waals surface area (Å²) in [7, 11) is 0. The first-order chi connectivity index (χ1) is 7.61. The molecule has 2 aliphatic heterocycles. The van der Waals surface area contributed by atoms with Crippen LogP contribution in [0.15, 0.2) is 17.5 Å². The maximum absolute atomic E-state index is 10.9. The summed E-state index contributed by atoms with van der Waals surface area (Å²) in [6.45, 7) is 3.44. The molecular formula is C9H13N3O4. The molecule has 1 amide bonds. The number of nitrogens with zero attached hydrogens (tertiary/aromatic N) is 2. The molecule has 0 unspecified atom stereocenters. The minimum Gasteiger partial charge on any atom is -0.394 e. The topological polar surface area (TPSA) is 94.4 Å². The normalized spacial score (nSPS) is 34.4. The van der Waals surface area contributed by atoms with Gasteiger partial charge in [-0.15, -0.1) is 0 Å². The number of aliphatic hydroxyl groups is 2. The van der Waals surface area contributed by atoms with E-state index in [0.717, 1.165) is 6.21 Å². The molecule has 88 valence electrons. The van der Waals surface area contributed by atoms with E-state index < -0.39 is 18.4 Å². The van der Waals surface area contributed by atoms with E-state index in [-0.39, 0.29) is 18.3 Å². The molecule has 0 aromatic heterocycles. The molecule has 0 radical (unpaired) electrons. The highest BCUT2D eigenvalue weighted by molar-refractivity contribution is 6.27. The van der Waals surface area contributed by atoms with Crippen LogP contribution >= 0.6 is 0 Å². The Labute approximate surface area is 92.0 Å². The molecule has 7 heteroatoms. The third kappa shape index (κ3) is 1.92. The van der Waals surface area contributed by atoms with Crippen LogP contribution in [0.25, 0.3) is 0 Å². The Morgan fingerprint density at radius 1 is 1.75 bits per heavy atom. The standard InChI is InChI=1S/C9H13N3O4/c1-5-11-8(15)3-10-12(5)9-7(14)2-6(4-13)16-9/h3,6-7,9,13-14H,1-2,4H2,(H,11,15)/t6-,7-,9+/m0/s1. The van der Waals surface area contributed by atoms with Crippen LogP contribution in [0.2, 0.25) is 0 Å². The first-order valence-electron chi connectivity index (χ1n) is 4.89. The second-order valence-electron chi connectivity index (χ2n) is 3.66. The second kappa shape index (κ2) is 4.20. The molecule has 0 aromatic rings. The zero-order valence-electron chi connectivity index (χ0n) is 8.54. The summed E-state index contributed by atoms with van der Waals surface area (Å²) in [5.74, 6) is -0.123. The first kappa shape index (κ1) is 11.1. The van der Waals surface area contributed by atoms with Crippen LogP contribution < -0.4 is 5.32 Å². The SMILES string of the molecule is C=C1NC(=O)C=NN1[C@@H]1O[C@H](CO)C[C@@H]1O. The summed E-state index contributed by atoms with van der Waals surface area (Å²) in [4.78, 5) is 10.9. The van der Waals surface area contributed by atoms with Gasteiger partial charge in [0.2, 0.25) is 0 Å². The third-order valence-electron chi connectivity index (χ3n) is 2.45. The quantitative estimate of drug-likeness (QED) is 0.525. The van der Waals surface area contributed by atoms with Gasteiger partial charge in [0.1, 0.15) is 18.1 Å². The Morgan fingerprint density at radius 3 is 3.06 bits per heavy atom. The first-order valence-corrected chi connectivity index (χ1v) is 4.89. The van der Waals surface area contributed by atoms with E-state index in [0.29, 0.717) is 6.42 Å². The maximum Gasteiger partial charge on any atom is 0.269 e. The van der Waals surface area contributed by atoms with Crippen LogP contribution in [0.1, 0.15) is 6.42 Å². The van der Waals surface area contributed by atoms with Gasteiger partial charge in [0.05, 0.1) is 12.7 Å².